The average Bonchev–Trinajstić information content (AvgIpc) is 3.16. The molecule has 3 rings (SSSR count). The summed E-state index contributed by atoms with van der Waals surface area (Å²) < 4.78 is 5.87. The van der Waals surface area contributed by atoms with E-state index in [2.05, 4.69) is 13.5 Å². The van der Waals surface area contributed by atoms with Crippen LogP contribution in [0.5, 0.6) is 0 Å². The van der Waals surface area contributed by atoms with E-state index in [4.69, 9.17) is 9.84 Å². The first kappa shape index (κ1) is 17.8. The molecule has 1 aliphatic heterocycles. The number of epoxide rings is 1. The van der Waals surface area contributed by atoms with E-state index in [0.29, 0.717) is 17.9 Å². The Balaban J connectivity index is 1.74. The highest BCUT2D eigenvalue weighted by Crippen LogP contribution is 2.60. The highest BCUT2D eigenvalue weighted by Gasteiger charge is 2.58. The summed E-state index contributed by atoms with van der Waals surface area (Å²) in [5.74, 6) is 0.760. The monoisotopic (exact) mass is 334 g/mol. The van der Waals surface area contributed by atoms with Gasteiger partial charge in [0.15, 0.2) is 5.78 Å². The van der Waals surface area contributed by atoms with Crippen LogP contribution in [0.1, 0.15) is 52.9 Å². The Bertz CT molecular complexity index is 578. The first-order chi connectivity index (χ1) is 11.1. The van der Waals surface area contributed by atoms with Crippen LogP contribution in [0, 0.1) is 17.3 Å². The molecule has 0 aromatic rings. The fourth-order valence-corrected chi connectivity index (χ4v) is 4.58. The Morgan fingerprint density at radius 2 is 2.17 bits per heavy atom. The van der Waals surface area contributed by atoms with Gasteiger partial charge in [-0.3, -0.25) is 4.79 Å². The quantitative estimate of drug-likeness (QED) is 0.471. The Hall–Kier alpha value is -0.970. The van der Waals surface area contributed by atoms with E-state index in [9.17, 15) is 9.90 Å². The molecule has 134 valence electrons. The normalized spacial score (nSPS) is 44.4. The molecule has 0 aromatic heterocycles. The molecule has 2 aliphatic carbocycles. The minimum atomic E-state index is -1.35. The van der Waals surface area contributed by atoms with Gasteiger partial charge in [0.2, 0.25) is 0 Å². The first-order valence-electron chi connectivity index (χ1n) is 9.04. The maximum atomic E-state index is 12.8. The predicted molar refractivity (Wildman–Crippen MR) is 92.4 cm³/mol. The number of allylic oxidation sites excluding steroid dienone is 2. The van der Waals surface area contributed by atoms with Crippen LogP contribution in [-0.4, -0.2) is 39.9 Å². The summed E-state index contributed by atoms with van der Waals surface area (Å²) in [7, 11) is 0. The van der Waals surface area contributed by atoms with Gasteiger partial charge in [-0.1, -0.05) is 19.1 Å². The zero-order chi connectivity index (χ0) is 17.8. The summed E-state index contributed by atoms with van der Waals surface area (Å²) in [6.45, 7) is 9.59. The number of ether oxygens (including phenoxy) is 1. The van der Waals surface area contributed by atoms with Crippen LogP contribution < -0.4 is 0 Å². The highest BCUT2D eigenvalue weighted by atomic mass is 16.6. The van der Waals surface area contributed by atoms with Crippen molar-refractivity contribution in [2.45, 2.75) is 70.2 Å². The minimum Gasteiger partial charge on any atom is -0.393 e. The van der Waals surface area contributed by atoms with Gasteiger partial charge in [-0.05, 0) is 69.9 Å². The van der Waals surface area contributed by atoms with Crippen molar-refractivity contribution in [1.29, 1.82) is 0 Å². The summed E-state index contributed by atoms with van der Waals surface area (Å²) in [6, 6.07) is 0. The van der Waals surface area contributed by atoms with E-state index >= 15 is 0 Å². The number of hydrogen-bond acceptors (Lipinski definition) is 4. The van der Waals surface area contributed by atoms with Crippen LogP contribution in [0.4, 0.5) is 0 Å². The fraction of sp³-hybridized carbons (Fsp3) is 0.750. The van der Waals surface area contributed by atoms with Gasteiger partial charge in [-0.2, -0.15) is 0 Å². The van der Waals surface area contributed by atoms with Crippen molar-refractivity contribution in [3.05, 3.63) is 24.3 Å². The molecule has 0 spiro atoms. The third kappa shape index (κ3) is 3.00. The number of fused-ring (bicyclic) bond motifs is 2. The van der Waals surface area contributed by atoms with Gasteiger partial charge in [0, 0.05) is 5.41 Å². The van der Waals surface area contributed by atoms with Gasteiger partial charge < -0.3 is 14.9 Å². The molecule has 6 atom stereocenters. The molecule has 4 heteroatoms. The smallest absolute Gasteiger partial charge is 0.161 e. The summed E-state index contributed by atoms with van der Waals surface area (Å²) in [5, 5.41) is 19.0. The molecule has 0 unspecified atom stereocenters. The summed E-state index contributed by atoms with van der Waals surface area (Å²) >= 11 is 0. The highest BCUT2D eigenvalue weighted by molar-refractivity contribution is 5.95. The summed E-state index contributed by atoms with van der Waals surface area (Å²) in [4.78, 5) is 12.8. The van der Waals surface area contributed by atoms with Crippen LogP contribution in [0.2, 0.25) is 0 Å². The molecule has 24 heavy (non-hydrogen) atoms. The summed E-state index contributed by atoms with van der Waals surface area (Å²) in [5.41, 5.74) is -0.498. The molecule has 0 amide bonds. The fourth-order valence-electron chi connectivity index (χ4n) is 4.58. The van der Waals surface area contributed by atoms with Crippen LogP contribution >= 0.6 is 0 Å². The molecule has 0 aromatic carbocycles. The predicted octanol–water partition coefficient (Wildman–Crippen LogP) is 2.79. The van der Waals surface area contributed by atoms with Crippen LogP contribution in [0.3, 0.4) is 0 Å². The zero-order valence-electron chi connectivity index (χ0n) is 15.0. The van der Waals surface area contributed by atoms with Gasteiger partial charge in [-0.25, -0.2) is 0 Å². The van der Waals surface area contributed by atoms with E-state index in [1.54, 1.807) is 0 Å². The number of carbonyl (C=O) groups excluding carboxylic acids is 1. The maximum absolute atomic E-state index is 12.8. The molecule has 0 bridgehead atoms. The number of aliphatic hydroxyl groups is 2. The lowest BCUT2D eigenvalue weighted by Crippen LogP contribution is -2.51. The van der Waals surface area contributed by atoms with Crippen molar-refractivity contribution < 1.29 is 19.7 Å². The van der Waals surface area contributed by atoms with E-state index in [1.165, 1.54) is 24.6 Å². The molecule has 2 saturated carbocycles. The van der Waals surface area contributed by atoms with E-state index in [0.717, 1.165) is 32.1 Å². The number of hydrogen-bond donors (Lipinski definition) is 2. The number of rotatable bonds is 4. The van der Waals surface area contributed by atoms with Gasteiger partial charge in [0.1, 0.15) is 5.60 Å². The topological polar surface area (TPSA) is 70.1 Å². The third-order valence-electron chi connectivity index (χ3n) is 6.66. The van der Waals surface area contributed by atoms with E-state index in [1.807, 2.05) is 6.92 Å². The van der Waals surface area contributed by atoms with Crippen molar-refractivity contribution in [3.63, 3.8) is 0 Å². The van der Waals surface area contributed by atoms with E-state index < -0.39 is 17.6 Å². The second-order valence-corrected chi connectivity index (χ2v) is 8.70. The van der Waals surface area contributed by atoms with Crippen molar-refractivity contribution >= 4 is 5.78 Å². The molecule has 2 N–H and O–H groups in total. The van der Waals surface area contributed by atoms with Crippen LogP contribution in [0.25, 0.3) is 0 Å². The number of aliphatic hydroxyl groups excluding tert-OH is 1. The Morgan fingerprint density at radius 1 is 1.46 bits per heavy atom. The zero-order valence-corrected chi connectivity index (χ0v) is 15.0. The molecule has 4 nitrogen and oxygen atoms in total. The Kier molecular flexibility index (Phi) is 4.30. The number of carbonyl (C=O) groups is 1. The lowest BCUT2D eigenvalue weighted by atomic mass is 9.49. The lowest BCUT2D eigenvalue weighted by Gasteiger charge is -2.53. The number of ketones is 1. The Labute approximate surface area is 144 Å². The molecule has 3 fully saturated rings. The van der Waals surface area contributed by atoms with Crippen LogP contribution in [-0.2, 0) is 9.53 Å². The molecule has 1 heterocycles. The second kappa shape index (κ2) is 5.79. The largest absolute Gasteiger partial charge is 0.393 e. The standard InChI is InChI=1S/C20H30O4/c1-13-5-6-17-20(4,24-17)10-7-15-14(13)11-19(15,3)16(22)8-9-18(2,23)12-21/h8-9,14-15,17,21,23H,1,5-7,10-12H2,2-4H3/b9-8+/t14-,15-,17-,18-,19-,20-/m1/s1. The minimum absolute atomic E-state index is 0.00881. The SMILES string of the molecule is C=C1CC[C@H]2O[C@]2(C)CC[C@@H]2[C@@H]1C[C@@]2(C)C(=O)/C=C/[C@@](C)(O)CO. The second-order valence-electron chi connectivity index (χ2n) is 8.70. The van der Waals surface area contributed by atoms with Crippen molar-refractivity contribution in [3.8, 4) is 0 Å². The molecular formula is C20H30O4. The maximum Gasteiger partial charge on any atom is 0.161 e. The lowest BCUT2D eigenvalue weighted by molar-refractivity contribution is -0.138. The van der Waals surface area contributed by atoms with Crippen LogP contribution in [0.15, 0.2) is 24.3 Å². The third-order valence-corrected chi connectivity index (χ3v) is 6.66. The summed E-state index contributed by atoms with van der Waals surface area (Å²) in [6.07, 6.45) is 8.07. The van der Waals surface area contributed by atoms with Crippen molar-refractivity contribution in [2.24, 2.45) is 17.3 Å². The average molecular weight is 334 g/mol. The van der Waals surface area contributed by atoms with Gasteiger partial charge in [0.25, 0.3) is 0 Å². The molecule has 0 radical (unpaired) electrons. The molecule has 3 aliphatic rings. The molecule has 1 saturated heterocycles. The van der Waals surface area contributed by atoms with Crippen molar-refractivity contribution in [1.82, 2.24) is 0 Å². The Morgan fingerprint density at radius 3 is 2.83 bits per heavy atom. The van der Waals surface area contributed by atoms with Gasteiger partial charge >= 0.3 is 0 Å². The van der Waals surface area contributed by atoms with Crippen molar-refractivity contribution in [2.75, 3.05) is 6.61 Å². The molecular weight excluding hydrogens is 304 g/mol. The first-order valence-corrected chi connectivity index (χ1v) is 9.04. The van der Waals surface area contributed by atoms with Gasteiger partial charge in [0.05, 0.1) is 18.3 Å². The van der Waals surface area contributed by atoms with Gasteiger partial charge in [-0.15, -0.1) is 0 Å². The van der Waals surface area contributed by atoms with E-state index in [-0.39, 0.29) is 11.4 Å².